The van der Waals surface area contributed by atoms with Crippen LogP contribution in [0, 0.1) is 0 Å². The highest BCUT2D eigenvalue weighted by Crippen LogP contribution is 2.26. The average molecular weight is 301 g/mol. The first-order valence-electron chi connectivity index (χ1n) is 7.35. The van der Waals surface area contributed by atoms with Crippen LogP contribution in [0.3, 0.4) is 0 Å². The molecule has 22 heavy (non-hydrogen) atoms. The lowest BCUT2D eigenvalue weighted by Crippen LogP contribution is -2.42. The van der Waals surface area contributed by atoms with Crippen LogP contribution in [-0.2, 0) is 11.3 Å². The Kier molecular flexibility index (Phi) is 4.27. The van der Waals surface area contributed by atoms with E-state index in [4.69, 9.17) is 9.15 Å². The fraction of sp³-hybridized carbons (Fsp3) is 0.353. The molecule has 1 aliphatic rings. The molecule has 2 aromatic rings. The van der Waals surface area contributed by atoms with Gasteiger partial charge in [-0.2, -0.15) is 0 Å². The summed E-state index contributed by atoms with van der Waals surface area (Å²) in [5.41, 5.74) is 0.730. The summed E-state index contributed by atoms with van der Waals surface area (Å²) in [4.78, 5) is 13.7. The van der Waals surface area contributed by atoms with Gasteiger partial charge in [0, 0.05) is 19.2 Å². The van der Waals surface area contributed by atoms with Crippen molar-refractivity contribution >= 4 is 0 Å². The molecule has 1 saturated heterocycles. The summed E-state index contributed by atoms with van der Waals surface area (Å²) in [6.07, 6.45) is 1.20. The van der Waals surface area contributed by atoms with E-state index >= 15 is 0 Å². The number of benzene rings is 1. The standard InChI is InChI=1S/C17H19NO4/c1-12-8-18(9-14-7-15(19)16(20)11-21-14)10-17(22-12)13-5-3-2-4-6-13/h2-7,11-12,17,20H,8-10H2,1H3. The van der Waals surface area contributed by atoms with E-state index in [1.165, 1.54) is 6.07 Å². The minimum atomic E-state index is -0.415. The van der Waals surface area contributed by atoms with Gasteiger partial charge in [0.15, 0.2) is 5.75 Å². The second-order valence-corrected chi connectivity index (χ2v) is 5.64. The van der Waals surface area contributed by atoms with Gasteiger partial charge in [-0.1, -0.05) is 30.3 Å². The third kappa shape index (κ3) is 3.37. The normalized spacial score (nSPS) is 22.6. The molecule has 0 saturated carbocycles. The maximum atomic E-state index is 11.5. The van der Waals surface area contributed by atoms with E-state index < -0.39 is 5.43 Å². The molecular formula is C17H19NO4. The second-order valence-electron chi connectivity index (χ2n) is 5.64. The van der Waals surface area contributed by atoms with Crippen molar-refractivity contribution in [1.29, 1.82) is 0 Å². The molecule has 0 bridgehead atoms. The van der Waals surface area contributed by atoms with Crippen molar-refractivity contribution in [3.8, 4) is 5.75 Å². The summed E-state index contributed by atoms with van der Waals surface area (Å²) < 4.78 is 11.3. The summed E-state index contributed by atoms with van der Waals surface area (Å²) in [6.45, 7) is 4.06. The van der Waals surface area contributed by atoms with E-state index in [0.717, 1.165) is 24.9 Å². The highest BCUT2D eigenvalue weighted by Gasteiger charge is 2.26. The Morgan fingerprint density at radius 1 is 1.27 bits per heavy atom. The van der Waals surface area contributed by atoms with E-state index in [1.54, 1.807) is 0 Å². The van der Waals surface area contributed by atoms with Gasteiger partial charge in [-0.05, 0) is 12.5 Å². The topological polar surface area (TPSA) is 62.9 Å². The summed E-state index contributed by atoms with van der Waals surface area (Å²) in [5.74, 6) is 0.185. The average Bonchev–Trinajstić information content (AvgIpc) is 2.51. The quantitative estimate of drug-likeness (QED) is 0.942. The summed E-state index contributed by atoms with van der Waals surface area (Å²) in [7, 11) is 0. The lowest BCUT2D eigenvalue weighted by molar-refractivity contribution is -0.0827. The third-order valence-electron chi connectivity index (χ3n) is 3.75. The van der Waals surface area contributed by atoms with Crippen LogP contribution in [0.1, 0.15) is 24.4 Å². The molecule has 2 atom stereocenters. The molecular weight excluding hydrogens is 282 g/mol. The van der Waals surface area contributed by atoms with Crippen LogP contribution in [0.5, 0.6) is 5.75 Å². The van der Waals surface area contributed by atoms with Crippen molar-refractivity contribution in [3.63, 3.8) is 0 Å². The van der Waals surface area contributed by atoms with E-state index in [9.17, 15) is 9.90 Å². The van der Waals surface area contributed by atoms with Gasteiger partial charge in [-0.3, -0.25) is 9.69 Å². The Labute approximate surface area is 128 Å². The molecule has 5 nitrogen and oxygen atoms in total. The van der Waals surface area contributed by atoms with Crippen LogP contribution in [0.25, 0.3) is 0 Å². The van der Waals surface area contributed by atoms with Crippen LogP contribution in [-0.4, -0.2) is 29.2 Å². The van der Waals surface area contributed by atoms with E-state index in [1.807, 2.05) is 25.1 Å². The molecule has 3 rings (SSSR count). The fourth-order valence-corrected chi connectivity index (χ4v) is 2.77. The molecule has 2 heterocycles. The van der Waals surface area contributed by atoms with Crippen molar-refractivity contribution in [2.24, 2.45) is 0 Å². The van der Waals surface area contributed by atoms with Gasteiger partial charge >= 0.3 is 0 Å². The van der Waals surface area contributed by atoms with Crippen LogP contribution < -0.4 is 5.43 Å². The number of hydrogen-bond donors (Lipinski definition) is 1. The predicted octanol–water partition coefficient (Wildman–Crippen LogP) is 2.31. The maximum absolute atomic E-state index is 11.5. The lowest BCUT2D eigenvalue weighted by atomic mass is 10.1. The molecule has 0 aliphatic carbocycles. The van der Waals surface area contributed by atoms with Crippen LogP contribution in [0.15, 0.2) is 51.9 Å². The van der Waals surface area contributed by atoms with Gasteiger partial charge in [0.2, 0.25) is 5.43 Å². The number of hydrogen-bond acceptors (Lipinski definition) is 5. The molecule has 1 aromatic carbocycles. The predicted molar refractivity (Wildman–Crippen MR) is 81.6 cm³/mol. The summed E-state index contributed by atoms with van der Waals surface area (Å²) in [5, 5.41) is 9.24. The van der Waals surface area contributed by atoms with E-state index in [0.29, 0.717) is 12.3 Å². The van der Waals surface area contributed by atoms with Gasteiger partial charge in [0.1, 0.15) is 12.0 Å². The smallest absolute Gasteiger partial charge is 0.226 e. The molecule has 1 N–H and O–H groups in total. The molecule has 0 spiro atoms. The summed E-state index contributed by atoms with van der Waals surface area (Å²) in [6, 6.07) is 11.4. The fourth-order valence-electron chi connectivity index (χ4n) is 2.77. The highest BCUT2D eigenvalue weighted by atomic mass is 16.5. The van der Waals surface area contributed by atoms with Gasteiger partial charge in [0.05, 0.1) is 18.8 Å². The van der Waals surface area contributed by atoms with Crippen molar-refractivity contribution in [1.82, 2.24) is 4.90 Å². The van der Waals surface area contributed by atoms with Crippen molar-refractivity contribution < 1.29 is 14.3 Å². The zero-order valence-corrected chi connectivity index (χ0v) is 12.4. The minimum absolute atomic E-state index is 0.00814. The number of aromatic hydroxyl groups is 1. The first kappa shape index (κ1) is 14.8. The van der Waals surface area contributed by atoms with Gasteiger partial charge < -0.3 is 14.3 Å². The number of ether oxygens (including phenoxy) is 1. The largest absolute Gasteiger partial charge is 0.502 e. The monoisotopic (exact) mass is 301 g/mol. The van der Waals surface area contributed by atoms with Crippen LogP contribution in [0.2, 0.25) is 0 Å². The van der Waals surface area contributed by atoms with Crippen LogP contribution in [0.4, 0.5) is 0 Å². The van der Waals surface area contributed by atoms with E-state index in [2.05, 4.69) is 17.0 Å². The first-order chi connectivity index (χ1) is 10.6. The molecule has 5 heteroatoms. The van der Waals surface area contributed by atoms with E-state index in [-0.39, 0.29) is 18.0 Å². The van der Waals surface area contributed by atoms with Gasteiger partial charge in [-0.25, -0.2) is 0 Å². The SMILES string of the molecule is CC1CN(Cc2cc(=O)c(O)co2)CC(c2ccccc2)O1. The Balaban J connectivity index is 1.73. The molecule has 116 valence electrons. The molecule has 1 fully saturated rings. The highest BCUT2D eigenvalue weighted by molar-refractivity contribution is 5.19. The molecule has 2 unspecified atom stereocenters. The number of rotatable bonds is 3. The molecule has 1 aromatic heterocycles. The number of morpholine rings is 1. The Bertz CT molecular complexity index is 683. The first-order valence-corrected chi connectivity index (χ1v) is 7.35. The van der Waals surface area contributed by atoms with Gasteiger partial charge in [0.25, 0.3) is 0 Å². The molecule has 0 radical (unpaired) electrons. The zero-order valence-electron chi connectivity index (χ0n) is 12.4. The summed E-state index contributed by atoms with van der Waals surface area (Å²) >= 11 is 0. The Morgan fingerprint density at radius 3 is 2.77 bits per heavy atom. The lowest BCUT2D eigenvalue weighted by Gasteiger charge is -2.36. The van der Waals surface area contributed by atoms with Crippen molar-refractivity contribution in [2.45, 2.75) is 25.7 Å². The number of nitrogens with zero attached hydrogens (tertiary/aromatic N) is 1. The zero-order chi connectivity index (χ0) is 15.5. The Hall–Kier alpha value is -2.11. The van der Waals surface area contributed by atoms with Gasteiger partial charge in [-0.15, -0.1) is 0 Å². The third-order valence-corrected chi connectivity index (χ3v) is 3.75. The molecule has 1 aliphatic heterocycles. The minimum Gasteiger partial charge on any atom is -0.502 e. The van der Waals surface area contributed by atoms with Crippen molar-refractivity contribution in [3.05, 3.63) is 64.2 Å². The van der Waals surface area contributed by atoms with Crippen LogP contribution >= 0.6 is 0 Å². The Morgan fingerprint density at radius 2 is 2.05 bits per heavy atom. The van der Waals surface area contributed by atoms with Crippen molar-refractivity contribution in [2.75, 3.05) is 13.1 Å². The molecule has 0 amide bonds. The second kappa shape index (κ2) is 6.34. The maximum Gasteiger partial charge on any atom is 0.226 e.